The molecule has 2 aromatic carbocycles. The van der Waals surface area contributed by atoms with Gasteiger partial charge in [0.1, 0.15) is 0 Å². The molecule has 6 nitrogen and oxygen atoms in total. The maximum Gasteiger partial charge on any atom is 0.253 e. The lowest BCUT2D eigenvalue weighted by Crippen LogP contribution is -2.27. The number of carbonyl (C=O) groups excluding carboxylic acids is 2. The van der Waals surface area contributed by atoms with Crippen LogP contribution < -0.4 is 5.32 Å². The normalized spacial score (nSPS) is 14.1. The molecule has 148 valence electrons. The highest BCUT2D eigenvalue weighted by molar-refractivity contribution is 7.91. The average molecular weight is 421 g/mol. The van der Waals surface area contributed by atoms with E-state index in [-0.39, 0.29) is 23.0 Å². The monoisotopic (exact) mass is 420 g/mol. The Bertz CT molecular complexity index is 968. The number of nitrogens with zero attached hydrogens (tertiary/aromatic N) is 1. The van der Waals surface area contributed by atoms with Crippen LogP contribution in [0.2, 0.25) is 5.02 Å². The zero-order valence-corrected chi connectivity index (χ0v) is 16.8. The van der Waals surface area contributed by atoms with Crippen molar-refractivity contribution < 1.29 is 18.0 Å². The van der Waals surface area contributed by atoms with Gasteiger partial charge in [0, 0.05) is 35.8 Å². The Morgan fingerprint density at radius 3 is 2.39 bits per heavy atom. The van der Waals surface area contributed by atoms with Crippen molar-refractivity contribution >= 4 is 38.9 Å². The number of likely N-dealkylation sites (tertiary alicyclic amines) is 1. The number of carbonyl (C=O) groups is 2. The first-order valence-corrected chi connectivity index (χ1v) is 11.1. The summed E-state index contributed by atoms with van der Waals surface area (Å²) in [4.78, 5) is 26.6. The smallest absolute Gasteiger partial charge is 0.253 e. The van der Waals surface area contributed by atoms with Crippen LogP contribution in [0.3, 0.4) is 0 Å². The van der Waals surface area contributed by atoms with Crippen LogP contribution in [-0.2, 0) is 14.6 Å². The summed E-state index contributed by atoms with van der Waals surface area (Å²) in [6, 6.07) is 12.5. The van der Waals surface area contributed by atoms with Gasteiger partial charge in [0.2, 0.25) is 5.91 Å². The van der Waals surface area contributed by atoms with Gasteiger partial charge >= 0.3 is 0 Å². The number of nitrogens with one attached hydrogen (secondary N) is 1. The van der Waals surface area contributed by atoms with E-state index >= 15 is 0 Å². The van der Waals surface area contributed by atoms with Crippen molar-refractivity contribution in [1.82, 2.24) is 4.90 Å². The van der Waals surface area contributed by atoms with Crippen LogP contribution in [0.4, 0.5) is 5.69 Å². The van der Waals surface area contributed by atoms with E-state index in [1.54, 1.807) is 29.2 Å². The second-order valence-electron chi connectivity index (χ2n) is 6.65. The van der Waals surface area contributed by atoms with Crippen molar-refractivity contribution in [2.24, 2.45) is 0 Å². The molecule has 1 N–H and O–H groups in total. The van der Waals surface area contributed by atoms with Gasteiger partial charge in [0.25, 0.3) is 5.91 Å². The lowest BCUT2D eigenvalue weighted by Gasteiger charge is -2.15. The number of halogens is 1. The molecule has 8 heteroatoms. The van der Waals surface area contributed by atoms with E-state index in [4.69, 9.17) is 11.6 Å². The molecule has 2 aromatic rings. The molecule has 1 aliphatic heterocycles. The maximum atomic E-state index is 12.4. The Balaban J connectivity index is 1.59. The van der Waals surface area contributed by atoms with Crippen LogP contribution >= 0.6 is 11.6 Å². The Morgan fingerprint density at radius 1 is 1.04 bits per heavy atom. The number of anilines is 1. The molecule has 1 aliphatic rings. The molecule has 1 heterocycles. The molecule has 0 atom stereocenters. The van der Waals surface area contributed by atoms with Crippen LogP contribution in [0.25, 0.3) is 0 Å². The predicted octanol–water partition coefficient (Wildman–Crippen LogP) is 3.38. The van der Waals surface area contributed by atoms with Gasteiger partial charge in [-0.05, 0) is 55.3 Å². The number of amides is 2. The molecule has 0 aromatic heterocycles. The Hall–Kier alpha value is -2.38. The quantitative estimate of drug-likeness (QED) is 0.776. The van der Waals surface area contributed by atoms with Gasteiger partial charge in [-0.2, -0.15) is 0 Å². The Kier molecular flexibility index (Phi) is 6.36. The fourth-order valence-corrected chi connectivity index (χ4v) is 4.41. The molecular weight excluding hydrogens is 400 g/mol. The van der Waals surface area contributed by atoms with Gasteiger partial charge in [-0.15, -0.1) is 0 Å². The lowest BCUT2D eigenvalue weighted by atomic mass is 10.1. The summed E-state index contributed by atoms with van der Waals surface area (Å²) < 4.78 is 24.6. The van der Waals surface area contributed by atoms with Crippen LogP contribution in [0.5, 0.6) is 0 Å². The minimum atomic E-state index is -3.58. The lowest BCUT2D eigenvalue weighted by molar-refractivity contribution is -0.115. The van der Waals surface area contributed by atoms with E-state index in [1.165, 1.54) is 24.3 Å². The third kappa shape index (κ3) is 5.11. The molecule has 0 bridgehead atoms. The third-order valence-corrected chi connectivity index (χ3v) is 6.54. The second-order valence-corrected chi connectivity index (χ2v) is 9.20. The van der Waals surface area contributed by atoms with E-state index in [1.807, 2.05) is 0 Å². The molecule has 0 unspecified atom stereocenters. The molecule has 28 heavy (non-hydrogen) atoms. The highest BCUT2D eigenvalue weighted by Gasteiger charge is 2.20. The molecule has 3 rings (SSSR count). The number of sulfone groups is 1. The summed E-state index contributed by atoms with van der Waals surface area (Å²) in [6.45, 7) is 1.50. The molecule has 1 saturated heterocycles. The van der Waals surface area contributed by atoms with Crippen molar-refractivity contribution in [1.29, 1.82) is 0 Å². The van der Waals surface area contributed by atoms with Crippen LogP contribution in [0.15, 0.2) is 53.4 Å². The van der Waals surface area contributed by atoms with Gasteiger partial charge < -0.3 is 10.2 Å². The Labute approximate surface area is 169 Å². The molecule has 0 aliphatic carbocycles. The first-order chi connectivity index (χ1) is 13.3. The number of hydrogen-bond donors (Lipinski definition) is 1. The standard InChI is InChI=1S/C20H21ClN2O4S/c21-16-6-8-18(9-7-16)28(26,27)13-10-19(24)22-17-5-3-4-15(14-17)20(25)23-11-1-2-12-23/h3-9,14H,1-2,10-13H2,(H,22,24). The van der Waals surface area contributed by atoms with Gasteiger partial charge in [-0.3, -0.25) is 9.59 Å². The van der Waals surface area contributed by atoms with E-state index in [9.17, 15) is 18.0 Å². The molecule has 0 spiro atoms. The summed E-state index contributed by atoms with van der Waals surface area (Å²) in [5, 5.41) is 3.11. The maximum absolute atomic E-state index is 12.4. The van der Waals surface area contributed by atoms with E-state index < -0.39 is 15.7 Å². The van der Waals surface area contributed by atoms with Gasteiger partial charge in [0.15, 0.2) is 9.84 Å². The van der Waals surface area contributed by atoms with Gasteiger partial charge in [-0.1, -0.05) is 17.7 Å². The molecule has 2 amide bonds. The Morgan fingerprint density at radius 2 is 1.71 bits per heavy atom. The van der Waals surface area contributed by atoms with Crippen molar-refractivity contribution in [3.63, 3.8) is 0 Å². The van der Waals surface area contributed by atoms with Crippen LogP contribution in [-0.4, -0.2) is 44.0 Å². The number of rotatable bonds is 6. The van der Waals surface area contributed by atoms with Crippen molar-refractivity contribution in [3.8, 4) is 0 Å². The minimum Gasteiger partial charge on any atom is -0.339 e. The fraction of sp³-hybridized carbons (Fsp3) is 0.300. The van der Waals surface area contributed by atoms with Crippen molar-refractivity contribution in [2.75, 3.05) is 24.2 Å². The first-order valence-electron chi connectivity index (χ1n) is 9.03. The SMILES string of the molecule is O=C(CCS(=O)(=O)c1ccc(Cl)cc1)Nc1cccc(C(=O)N2CCCC2)c1. The summed E-state index contributed by atoms with van der Waals surface area (Å²) >= 11 is 5.77. The zero-order chi connectivity index (χ0) is 20.1. The van der Waals surface area contributed by atoms with E-state index in [0.717, 1.165) is 25.9 Å². The highest BCUT2D eigenvalue weighted by atomic mass is 35.5. The molecule has 0 radical (unpaired) electrons. The second kappa shape index (κ2) is 8.75. The predicted molar refractivity (Wildman–Crippen MR) is 108 cm³/mol. The first kappa shape index (κ1) is 20.4. The summed E-state index contributed by atoms with van der Waals surface area (Å²) in [5.41, 5.74) is 0.979. The third-order valence-electron chi connectivity index (χ3n) is 4.56. The van der Waals surface area contributed by atoms with E-state index in [0.29, 0.717) is 16.3 Å². The number of benzene rings is 2. The van der Waals surface area contributed by atoms with Gasteiger partial charge in [0.05, 0.1) is 10.6 Å². The van der Waals surface area contributed by atoms with Crippen molar-refractivity contribution in [3.05, 3.63) is 59.1 Å². The molecule has 1 fully saturated rings. The van der Waals surface area contributed by atoms with Crippen LogP contribution in [0.1, 0.15) is 29.6 Å². The van der Waals surface area contributed by atoms with Crippen LogP contribution in [0, 0.1) is 0 Å². The summed E-state index contributed by atoms with van der Waals surface area (Å²) in [6.07, 6.45) is 1.82. The average Bonchev–Trinajstić information content (AvgIpc) is 3.21. The van der Waals surface area contributed by atoms with Gasteiger partial charge in [-0.25, -0.2) is 8.42 Å². The zero-order valence-electron chi connectivity index (χ0n) is 15.2. The minimum absolute atomic E-state index is 0.0566. The van der Waals surface area contributed by atoms with E-state index in [2.05, 4.69) is 5.32 Å². The number of hydrogen-bond acceptors (Lipinski definition) is 4. The fourth-order valence-electron chi connectivity index (χ4n) is 3.04. The van der Waals surface area contributed by atoms with Crippen molar-refractivity contribution in [2.45, 2.75) is 24.2 Å². The largest absolute Gasteiger partial charge is 0.339 e. The summed E-state index contributed by atoms with van der Waals surface area (Å²) in [5.74, 6) is -0.797. The molecular formula is C20H21ClN2O4S. The highest BCUT2D eigenvalue weighted by Crippen LogP contribution is 2.18. The summed E-state index contributed by atoms with van der Waals surface area (Å²) in [7, 11) is -3.58. The topological polar surface area (TPSA) is 83.5 Å². The molecule has 0 saturated carbocycles.